The molecule has 0 saturated carbocycles. The number of alkyl carbamates (subject to hydrolysis) is 1. The van der Waals surface area contributed by atoms with Crippen LogP contribution in [0.2, 0.25) is 0 Å². The third kappa shape index (κ3) is 4.21. The van der Waals surface area contributed by atoms with Crippen LogP contribution in [0.1, 0.15) is 43.9 Å². The number of anilines is 1. The van der Waals surface area contributed by atoms with Crippen LogP contribution in [0, 0.1) is 0 Å². The molecule has 0 fully saturated rings. The Kier molecular flexibility index (Phi) is 6.35. The Morgan fingerprint density at radius 2 is 2.12 bits per heavy atom. The van der Waals surface area contributed by atoms with E-state index in [2.05, 4.69) is 10.1 Å². The van der Waals surface area contributed by atoms with E-state index in [4.69, 9.17) is 4.74 Å². The lowest BCUT2D eigenvalue weighted by molar-refractivity contribution is -0.137. The molecule has 0 radical (unpaired) electrons. The molecular formula is C17H23F3N2O4. The van der Waals surface area contributed by atoms with Crippen LogP contribution in [-0.4, -0.2) is 37.4 Å². The second kappa shape index (κ2) is 8.13. The molecule has 1 aromatic carbocycles. The number of nitrogens with zero attached hydrogens (tertiary/aromatic N) is 1. The maximum Gasteiger partial charge on any atom is 0.416 e. The van der Waals surface area contributed by atoms with Crippen LogP contribution in [0.25, 0.3) is 0 Å². The summed E-state index contributed by atoms with van der Waals surface area (Å²) in [7, 11) is 1.19. The highest BCUT2D eigenvalue weighted by molar-refractivity contribution is 5.69. The lowest BCUT2D eigenvalue weighted by atomic mass is 9.89. The van der Waals surface area contributed by atoms with Gasteiger partial charge in [-0.05, 0) is 43.5 Å². The van der Waals surface area contributed by atoms with E-state index in [1.807, 2.05) is 6.92 Å². The number of ether oxygens (including phenoxy) is 2. The summed E-state index contributed by atoms with van der Waals surface area (Å²) in [5.41, 5.74) is -0.180. The molecule has 1 aliphatic rings. The van der Waals surface area contributed by atoms with E-state index >= 15 is 0 Å². The Labute approximate surface area is 149 Å². The number of fused-ring (bicyclic) bond motifs is 1. The number of aliphatic hydroxyl groups is 1. The first-order valence-electron chi connectivity index (χ1n) is 8.36. The van der Waals surface area contributed by atoms with E-state index in [-0.39, 0.29) is 18.2 Å². The monoisotopic (exact) mass is 376 g/mol. The van der Waals surface area contributed by atoms with Crippen molar-refractivity contribution in [2.45, 2.75) is 51.4 Å². The molecule has 0 spiro atoms. The minimum Gasteiger partial charge on any atom is -0.453 e. The molecule has 0 bridgehead atoms. The molecule has 0 aliphatic carbocycles. The van der Waals surface area contributed by atoms with E-state index < -0.39 is 30.3 Å². The number of halogens is 3. The summed E-state index contributed by atoms with van der Waals surface area (Å²) in [5, 5.41) is 12.9. The van der Waals surface area contributed by atoms with Gasteiger partial charge in [-0.3, -0.25) is 0 Å². The lowest BCUT2D eigenvalue weighted by Crippen LogP contribution is -2.50. The lowest BCUT2D eigenvalue weighted by Gasteiger charge is -2.44. The van der Waals surface area contributed by atoms with E-state index in [1.54, 1.807) is 11.8 Å². The molecule has 0 saturated heterocycles. The van der Waals surface area contributed by atoms with Crippen molar-refractivity contribution in [2.24, 2.45) is 0 Å². The Balaban J connectivity index is 2.53. The standard InChI is InChI=1S/C17H23F3N2O4/c1-4-11-9-13(21-15(23)25-3)12-8-10(17(18,19)20)6-7-14(12)22(11)16(24)26-5-2/h6-8,11,13,16,24H,4-5,9H2,1-3H3,(H,21,23)/t11-,13+,16?/m1/s1. The molecule has 3 atom stereocenters. The fourth-order valence-corrected chi connectivity index (χ4v) is 3.18. The van der Waals surface area contributed by atoms with Gasteiger partial charge in [0.05, 0.1) is 18.7 Å². The number of hydrogen-bond acceptors (Lipinski definition) is 5. The number of hydrogen-bond donors (Lipinski definition) is 2. The summed E-state index contributed by atoms with van der Waals surface area (Å²) in [5.74, 6) is 0. The van der Waals surface area contributed by atoms with Crippen molar-refractivity contribution >= 4 is 11.8 Å². The number of carbonyl (C=O) groups is 1. The highest BCUT2D eigenvalue weighted by atomic mass is 19.4. The van der Waals surface area contributed by atoms with Gasteiger partial charge in [-0.2, -0.15) is 13.2 Å². The largest absolute Gasteiger partial charge is 0.453 e. The van der Waals surface area contributed by atoms with Gasteiger partial charge in [0.15, 0.2) is 0 Å². The molecule has 6 nitrogen and oxygen atoms in total. The predicted octanol–water partition coefficient (Wildman–Crippen LogP) is 3.40. The normalized spacial score (nSPS) is 21.1. The van der Waals surface area contributed by atoms with Crippen molar-refractivity contribution in [1.82, 2.24) is 5.32 Å². The molecule has 26 heavy (non-hydrogen) atoms. The maximum absolute atomic E-state index is 13.1. The van der Waals surface area contributed by atoms with Crippen molar-refractivity contribution in [3.63, 3.8) is 0 Å². The number of benzene rings is 1. The fourth-order valence-electron chi connectivity index (χ4n) is 3.18. The summed E-state index contributed by atoms with van der Waals surface area (Å²) in [6.07, 6.45) is -5.63. The Hall–Kier alpha value is -2.00. The van der Waals surface area contributed by atoms with Crippen LogP contribution in [0.15, 0.2) is 18.2 Å². The Morgan fingerprint density at radius 1 is 1.42 bits per heavy atom. The molecule has 0 aromatic heterocycles. The zero-order chi connectivity index (χ0) is 19.5. The fraction of sp³-hybridized carbons (Fsp3) is 0.588. The van der Waals surface area contributed by atoms with Gasteiger partial charge in [0.2, 0.25) is 6.41 Å². The predicted molar refractivity (Wildman–Crippen MR) is 88.5 cm³/mol. The van der Waals surface area contributed by atoms with Gasteiger partial charge in [-0.1, -0.05) is 6.92 Å². The number of nitrogens with one attached hydrogen (secondary N) is 1. The quantitative estimate of drug-likeness (QED) is 0.771. The summed E-state index contributed by atoms with van der Waals surface area (Å²) < 4.78 is 49.2. The Bertz CT molecular complexity index is 639. The third-order valence-electron chi connectivity index (χ3n) is 4.41. The summed E-state index contributed by atoms with van der Waals surface area (Å²) >= 11 is 0. The van der Waals surface area contributed by atoms with E-state index in [0.29, 0.717) is 18.5 Å². The minimum atomic E-state index is -4.52. The summed E-state index contributed by atoms with van der Waals surface area (Å²) in [6, 6.07) is 2.34. The highest BCUT2D eigenvalue weighted by Crippen LogP contribution is 2.42. The number of carbonyl (C=O) groups excluding carboxylic acids is 1. The molecule has 1 heterocycles. The van der Waals surface area contributed by atoms with Gasteiger partial charge in [0, 0.05) is 18.3 Å². The summed E-state index contributed by atoms with van der Waals surface area (Å²) in [6.45, 7) is 3.85. The first kappa shape index (κ1) is 20.3. The topological polar surface area (TPSA) is 71.0 Å². The number of alkyl halides is 3. The SMILES string of the molecule is CCOC(O)N1c2ccc(C(F)(F)F)cc2[C@@H](NC(=O)OC)C[C@H]1CC. The molecule has 2 rings (SSSR count). The zero-order valence-electron chi connectivity index (χ0n) is 14.8. The minimum absolute atomic E-state index is 0.233. The van der Waals surface area contributed by atoms with Gasteiger partial charge in [0.25, 0.3) is 0 Å². The number of aliphatic hydroxyl groups excluding tert-OH is 1. The molecule has 1 aliphatic heterocycles. The molecule has 1 unspecified atom stereocenters. The average molecular weight is 376 g/mol. The van der Waals surface area contributed by atoms with E-state index in [0.717, 1.165) is 12.1 Å². The van der Waals surface area contributed by atoms with Gasteiger partial charge in [0.1, 0.15) is 0 Å². The number of rotatable bonds is 5. The number of amides is 1. The second-order valence-corrected chi connectivity index (χ2v) is 5.95. The zero-order valence-corrected chi connectivity index (χ0v) is 14.8. The van der Waals surface area contributed by atoms with E-state index in [9.17, 15) is 23.1 Å². The van der Waals surface area contributed by atoms with Crippen LogP contribution in [0.5, 0.6) is 0 Å². The Morgan fingerprint density at radius 3 is 2.65 bits per heavy atom. The first-order chi connectivity index (χ1) is 12.2. The van der Waals surface area contributed by atoms with Crippen LogP contribution in [-0.2, 0) is 15.7 Å². The smallest absolute Gasteiger partial charge is 0.416 e. The first-order valence-corrected chi connectivity index (χ1v) is 8.36. The molecule has 2 N–H and O–H groups in total. The van der Waals surface area contributed by atoms with Crippen LogP contribution >= 0.6 is 0 Å². The number of methoxy groups -OCH3 is 1. The second-order valence-electron chi connectivity index (χ2n) is 5.95. The summed E-state index contributed by atoms with van der Waals surface area (Å²) in [4.78, 5) is 13.2. The van der Waals surface area contributed by atoms with Crippen molar-refractivity contribution in [1.29, 1.82) is 0 Å². The van der Waals surface area contributed by atoms with Crippen molar-refractivity contribution in [3.8, 4) is 0 Å². The molecule has 1 aromatic rings. The van der Waals surface area contributed by atoms with Crippen molar-refractivity contribution < 1.29 is 32.5 Å². The van der Waals surface area contributed by atoms with Crippen molar-refractivity contribution in [3.05, 3.63) is 29.3 Å². The molecule has 146 valence electrons. The van der Waals surface area contributed by atoms with Gasteiger partial charge < -0.3 is 24.8 Å². The van der Waals surface area contributed by atoms with Crippen LogP contribution in [0.4, 0.5) is 23.7 Å². The van der Waals surface area contributed by atoms with Gasteiger partial charge in [-0.15, -0.1) is 0 Å². The van der Waals surface area contributed by atoms with Gasteiger partial charge in [-0.25, -0.2) is 4.79 Å². The highest BCUT2D eigenvalue weighted by Gasteiger charge is 2.39. The molecule has 1 amide bonds. The van der Waals surface area contributed by atoms with Crippen molar-refractivity contribution in [2.75, 3.05) is 18.6 Å². The van der Waals surface area contributed by atoms with Gasteiger partial charge >= 0.3 is 12.3 Å². The molecule has 9 heteroatoms. The van der Waals surface area contributed by atoms with Crippen LogP contribution in [0.3, 0.4) is 0 Å². The van der Waals surface area contributed by atoms with E-state index in [1.165, 1.54) is 13.2 Å². The third-order valence-corrected chi connectivity index (χ3v) is 4.41. The maximum atomic E-state index is 13.1. The van der Waals surface area contributed by atoms with Crippen LogP contribution < -0.4 is 10.2 Å². The molecular weight excluding hydrogens is 353 g/mol. The average Bonchev–Trinajstić information content (AvgIpc) is 2.60.